The molecule has 1 saturated carbocycles. The molecule has 0 N–H and O–H groups in total. The van der Waals surface area contributed by atoms with Crippen molar-refractivity contribution < 1.29 is 43.4 Å². The molecular weight excluding hydrogens is 366 g/mol. The average molecular weight is 394 g/mol. The van der Waals surface area contributed by atoms with Gasteiger partial charge in [0, 0.05) is 32.0 Å². The van der Waals surface area contributed by atoms with Gasteiger partial charge in [-0.15, -0.1) is 6.04 Å². The van der Waals surface area contributed by atoms with E-state index in [0.717, 1.165) is 6.04 Å². The van der Waals surface area contributed by atoms with Crippen LogP contribution in [-0.2, 0) is 43.4 Å². The normalized spacial score (nSPS) is 11.7. The second-order valence-corrected chi connectivity index (χ2v) is 6.55. The van der Waals surface area contributed by atoms with Crippen molar-refractivity contribution in [1.29, 1.82) is 0 Å². The Balaban J connectivity index is 0. The molecule has 1 aliphatic carbocycles. The Labute approximate surface area is 175 Å². The van der Waals surface area contributed by atoms with Gasteiger partial charge in [0.05, 0.1) is 0 Å². The molecule has 0 atom stereocenters. The van der Waals surface area contributed by atoms with Crippen molar-refractivity contribution in [1.82, 2.24) is 0 Å². The van der Waals surface area contributed by atoms with E-state index in [1.165, 1.54) is 40.3 Å². The maximum atomic E-state index is 4.00. The number of rotatable bonds is 1. The molecule has 1 aliphatic rings. The molecule has 121 valence electrons. The van der Waals surface area contributed by atoms with Crippen molar-refractivity contribution in [2.75, 3.05) is 7.05 Å². The van der Waals surface area contributed by atoms with Crippen LogP contribution in [0.4, 0.5) is 0 Å². The van der Waals surface area contributed by atoms with Crippen LogP contribution in [0.3, 0.4) is 0 Å². The van der Waals surface area contributed by atoms with Crippen LogP contribution >= 0.6 is 0 Å². The van der Waals surface area contributed by atoms with Gasteiger partial charge < -0.3 is 5.32 Å². The zero-order valence-corrected chi connectivity index (χ0v) is 19.6. The zero-order chi connectivity index (χ0) is 15.8. The minimum absolute atomic E-state index is 0. The Kier molecular flexibility index (Phi) is 14.9. The topological polar surface area (TPSA) is 14.1 Å². The number of benzene rings is 1. The van der Waals surface area contributed by atoms with Crippen LogP contribution in [0, 0.1) is 27.7 Å². The van der Waals surface area contributed by atoms with E-state index >= 15 is 0 Å². The number of aryl methyl sites for hydroxylation is 2. The van der Waals surface area contributed by atoms with Gasteiger partial charge in [0.2, 0.25) is 0 Å². The summed E-state index contributed by atoms with van der Waals surface area (Å²) < 4.78 is 0. The van der Waals surface area contributed by atoms with Crippen LogP contribution < -0.4 is 5.19 Å². The predicted octanol–water partition coefficient (Wildman–Crippen LogP) is 3.73. The van der Waals surface area contributed by atoms with E-state index in [1.54, 1.807) is 0 Å². The fourth-order valence-corrected chi connectivity index (χ4v) is 2.22. The monoisotopic (exact) mass is 394 g/mol. The molecule has 2 aromatic carbocycles. The molecule has 1 radical (unpaired) electrons. The van der Waals surface area contributed by atoms with Gasteiger partial charge in [-0.3, -0.25) is 0 Å². The molecule has 0 aliphatic heterocycles. The average Bonchev–Trinajstić information content (AvgIpc) is 3.28. The van der Waals surface area contributed by atoms with E-state index in [2.05, 4.69) is 51.2 Å². The van der Waals surface area contributed by atoms with E-state index in [4.69, 9.17) is 0 Å². The van der Waals surface area contributed by atoms with E-state index in [1.807, 2.05) is 35.5 Å². The van der Waals surface area contributed by atoms with E-state index in [-0.39, 0.29) is 43.4 Å². The van der Waals surface area contributed by atoms with Crippen molar-refractivity contribution >= 4 is 15.4 Å². The second-order valence-electron chi connectivity index (χ2n) is 5.74. The van der Waals surface area contributed by atoms with Gasteiger partial charge in [-0.1, -0.05) is 76.1 Å². The molecule has 0 heterocycles. The third-order valence-electron chi connectivity index (χ3n) is 3.93. The van der Waals surface area contributed by atoms with Gasteiger partial charge >= 0.3 is 21.7 Å². The van der Waals surface area contributed by atoms with Crippen LogP contribution in [0.1, 0.15) is 35.1 Å². The Hall–Kier alpha value is 0.175. The third-order valence-corrected chi connectivity index (χ3v) is 4.40. The molecule has 0 bridgehead atoms. The van der Waals surface area contributed by atoms with Crippen LogP contribution in [0.2, 0.25) is 0 Å². The first-order valence-electron chi connectivity index (χ1n) is 7.61. The molecule has 2 aromatic rings. The molecule has 0 amide bonds. The maximum absolute atomic E-state index is 4.00. The van der Waals surface area contributed by atoms with E-state index in [9.17, 15) is 0 Å². The fraction of sp³-hybridized carbons (Fsp3) is 0.421. The van der Waals surface area contributed by atoms with Crippen LogP contribution in [0.25, 0.3) is 5.32 Å². The summed E-state index contributed by atoms with van der Waals surface area (Å²) in [5, 5.41) is 5.35. The Morgan fingerprint density at radius 3 is 1.74 bits per heavy atom. The smallest absolute Gasteiger partial charge is 0.662 e. The van der Waals surface area contributed by atoms with Gasteiger partial charge in [-0.25, -0.2) is 0 Å². The number of hydrogen-bond donors (Lipinski definition) is 0. The minimum Gasteiger partial charge on any atom is -0.662 e. The number of nitrogens with zero attached hydrogens (tertiary/aromatic N) is 1. The summed E-state index contributed by atoms with van der Waals surface area (Å²) in [5.41, 5.74) is 5.75. The summed E-state index contributed by atoms with van der Waals surface area (Å²) in [6, 6.07) is 13.3. The Morgan fingerprint density at radius 2 is 1.61 bits per heavy atom. The van der Waals surface area contributed by atoms with Gasteiger partial charge in [0.15, 0.2) is 0 Å². The Bertz CT molecular complexity index is 511. The van der Waals surface area contributed by atoms with Crippen LogP contribution in [0.5, 0.6) is 0 Å². The van der Waals surface area contributed by atoms with Crippen molar-refractivity contribution in [2.45, 2.75) is 46.6 Å². The molecular formula is C19H28NSiTi2. The van der Waals surface area contributed by atoms with E-state index in [0.29, 0.717) is 0 Å². The molecule has 0 unspecified atom stereocenters. The largest absolute Gasteiger partial charge is 2.00 e. The molecule has 3 rings (SSSR count). The van der Waals surface area contributed by atoms with Crippen LogP contribution in [-0.4, -0.2) is 23.3 Å². The summed E-state index contributed by atoms with van der Waals surface area (Å²) in [7, 11) is 3.79. The van der Waals surface area contributed by atoms with Crippen molar-refractivity contribution in [3.8, 4) is 0 Å². The quantitative estimate of drug-likeness (QED) is 0.517. The van der Waals surface area contributed by atoms with Crippen molar-refractivity contribution in [3.05, 3.63) is 64.0 Å². The second kappa shape index (κ2) is 13.5. The third kappa shape index (κ3) is 10.6. The first-order chi connectivity index (χ1) is 9.95. The summed E-state index contributed by atoms with van der Waals surface area (Å²) in [6.45, 7) is 8.68. The van der Waals surface area contributed by atoms with Gasteiger partial charge in [-0.05, 0) is 0 Å². The molecule has 1 fully saturated rings. The predicted molar refractivity (Wildman–Crippen MR) is 97.9 cm³/mol. The molecule has 0 saturated heterocycles. The van der Waals surface area contributed by atoms with Crippen molar-refractivity contribution in [2.24, 2.45) is 0 Å². The summed E-state index contributed by atoms with van der Waals surface area (Å²) >= 11 is 0. The summed E-state index contributed by atoms with van der Waals surface area (Å²) in [4.78, 5) is 0. The first-order valence-corrected chi connectivity index (χ1v) is 8.32. The number of hydrogen-bond acceptors (Lipinski definition) is 0. The van der Waals surface area contributed by atoms with E-state index < -0.39 is 0 Å². The SMILES string of the molecule is C[N-]C1CC1.Cc1c[c-](C)c(C)c1C.[SiH2]c1ccccc1.[Ti+2].[Ti]. The van der Waals surface area contributed by atoms with Crippen molar-refractivity contribution in [3.63, 3.8) is 0 Å². The molecule has 1 nitrogen and oxygen atoms in total. The molecule has 4 heteroatoms. The van der Waals surface area contributed by atoms with Crippen LogP contribution in [0.15, 0.2) is 36.4 Å². The van der Waals surface area contributed by atoms with Gasteiger partial charge in [0.1, 0.15) is 0 Å². The minimum atomic E-state index is 0. The zero-order valence-electron chi connectivity index (χ0n) is 15.1. The van der Waals surface area contributed by atoms with Gasteiger partial charge in [-0.2, -0.15) is 35.4 Å². The molecule has 0 spiro atoms. The summed E-state index contributed by atoms with van der Waals surface area (Å²) in [5.74, 6) is 0. The standard InChI is InChI=1S/C9H13.C6H7Si.C4H8N.2Ti/c1-6-5-7(2)9(4)8(6)3;7-6-4-2-1-3-5-6;1-5-4-2-3-4;;/h5H,1-4H3;1-5H,7H2;4H,2-3H2,1H3;;/q-1;;-1;;+2. The summed E-state index contributed by atoms with van der Waals surface area (Å²) in [6.07, 6.45) is 2.69. The van der Waals surface area contributed by atoms with Gasteiger partial charge in [0.25, 0.3) is 0 Å². The fourth-order valence-electron chi connectivity index (χ4n) is 1.94. The Morgan fingerprint density at radius 1 is 1.09 bits per heavy atom. The molecule has 23 heavy (non-hydrogen) atoms. The maximum Gasteiger partial charge on any atom is 2.00 e. The first kappa shape index (κ1) is 25.4. The molecule has 0 aromatic heterocycles.